The molecule has 0 atom stereocenters. The van der Waals surface area contributed by atoms with Crippen LogP contribution in [0.2, 0.25) is 5.02 Å². The van der Waals surface area contributed by atoms with E-state index in [-0.39, 0.29) is 10.7 Å². The number of hydrogen-bond donors (Lipinski definition) is 1. The molecule has 2 aromatic rings. The van der Waals surface area contributed by atoms with E-state index in [0.717, 1.165) is 18.5 Å². The van der Waals surface area contributed by atoms with Gasteiger partial charge in [-0.3, -0.25) is 10.1 Å². The first kappa shape index (κ1) is 12.9. The monoisotopic (exact) mass is 288 g/mol. The largest absolute Gasteiger partial charge is 0.350 e. The molecule has 0 fully saturated rings. The zero-order valence-electron chi connectivity index (χ0n) is 10.7. The Morgan fingerprint density at radius 2 is 1.95 bits per heavy atom. The van der Waals surface area contributed by atoms with Crippen LogP contribution in [-0.4, -0.2) is 4.92 Å². The van der Waals surface area contributed by atoms with Crippen LogP contribution < -0.4 is 5.32 Å². The molecule has 4 nitrogen and oxygen atoms in total. The summed E-state index contributed by atoms with van der Waals surface area (Å²) in [5.74, 6) is 0. The summed E-state index contributed by atoms with van der Waals surface area (Å²) in [6, 6.07) is 11.0. The molecular weight excluding hydrogens is 276 g/mol. The summed E-state index contributed by atoms with van der Waals surface area (Å²) in [7, 11) is 0. The number of aryl methyl sites for hydroxylation is 2. The highest BCUT2D eigenvalue weighted by Crippen LogP contribution is 2.35. The molecule has 3 rings (SSSR count). The van der Waals surface area contributed by atoms with E-state index in [0.29, 0.717) is 5.69 Å². The third-order valence-electron chi connectivity index (χ3n) is 3.55. The fourth-order valence-electron chi connectivity index (χ4n) is 2.61. The van der Waals surface area contributed by atoms with Gasteiger partial charge in [0.15, 0.2) is 0 Å². The lowest BCUT2D eigenvalue weighted by molar-refractivity contribution is -0.383. The lowest BCUT2D eigenvalue weighted by Gasteiger charge is -2.09. The summed E-state index contributed by atoms with van der Waals surface area (Å²) < 4.78 is 0. The zero-order valence-corrected chi connectivity index (χ0v) is 11.5. The van der Waals surface area contributed by atoms with Crippen molar-refractivity contribution in [3.63, 3.8) is 0 Å². The topological polar surface area (TPSA) is 55.2 Å². The van der Waals surface area contributed by atoms with Crippen molar-refractivity contribution in [2.45, 2.75) is 19.3 Å². The third-order valence-corrected chi connectivity index (χ3v) is 3.85. The Bertz CT molecular complexity index is 686. The van der Waals surface area contributed by atoms with Crippen molar-refractivity contribution in [1.29, 1.82) is 0 Å². The van der Waals surface area contributed by atoms with Crippen LogP contribution in [0.5, 0.6) is 0 Å². The van der Waals surface area contributed by atoms with Crippen molar-refractivity contribution < 1.29 is 4.92 Å². The number of fused-ring (bicyclic) bond motifs is 1. The summed E-state index contributed by atoms with van der Waals surface area (Å²) in [5.41, 5.74) is 3.88. The lowest BCUT2D eigenvalue weighted by atomic mass is 10.1. The number of anilines is 2. The van der Waals surface area contributed by atoms with Gasteiger partial charge in [-0.1, -0.05) is 23.7 Å². The van der Waals surface area contributed by atoms with Gasteiger partial charge >= 0.3 is 5.69 Å². The Labute approximate surface area is 121 Å². The van der Waals surface area contributed by atoms with Crippen molar-refractivity contribution in [3.05, 3.63) is 62.7 Å². The standard InChI is InChI=1S/C15H13ClN2O2/c16-13-5-2-6-14(15(13)18(19)20)17-12-8-7-10-3-1-4-11(10)9-12/h2,5-9,17H,1,3-4H2. The minimum absolute atomic E-state index is 0.0883. The summed E-state index contributed by atoms with van der Waals surface area (Å²) in [6.45, 7) is 0. The van der Waals surface area contributed by atoms with E-state index < -0.39 is 4.92 Å². The van der Waals surface area contributed by atoms with Crippen LogP contribution in [0.3, 0.4) is 0 Å². The smallest absolute Gasteiger partial charge is 0.311 e. The Kier molecular flexibility index (Phi) is 3.32. The van der Waals surface area contributed by atoms with Gasteiger partial charge in [-0.2, -0.15) is 0 Å². The number of nitro groups is 1. The van der Waals surface area contributed by atoms with Gasteiger partial charge in [0.05, 0.1) is 4.92 Å². The summed E-state index contributed by atoms with van der Waals surface area (Å²) >= 11 is 5.90. The molecule has 0 spiro atoms. The number of nitro benzene ring substituents is 1. The van der Waals surface area contributed by atoms with Crippen LogP contribution >= 0.6 is 11.6 Å². The maximum atomic E-state index is 11.1. The van der Waals surface area contributed by atoms with E-state index in [4.69, 9.17) is 11.6 Å². The van der Waals surface area contributed by atoms with Gasteiger partial charge in [-0.05, 0) is 54.7 Å². The molecule has 0 saturated carbocycles. The number of hydrogen-bond acceptors (Lipinski definition) is 3. The maximum Gasteiger partial charge on any atom is 0.311 e. The Balaban J connectivity index is 1.95. The van der Waals surface area contributed by atoms with Gasteiger partial charge in [0.2, 0.25) is 0 Å². The second-order valence-corrected chi connectivity index (χ2v) is 5.26. The number of nitrogens with one attached hydrogen (secondary N) is 1. The molecule has 0 aromatic heterocycles. The first-order chi connectivity index (χ1) is 9.65. The molecule has 0 heterocycles. The molecule has 1 aliphatic carbocycles. The van der Waals surface area contributed by atoms with Crippen LogP contribution in [0.25, 0.3) is 0 Å². The summed E-state index contributed by atoms with van der Waals surface area (Å²) in [4.78, 5) is 10.6. The van der Waals surface area contributed by atoms with Crippen molar-refractivity contribution >= 4 is 28.7 Å². The Hall–Kier alpha value is -2.07. The summed E-state index contributed by atoms with van der Waals surface area (Å²) in [5, 5.41) is 14.3. The molecule has 0 aliphatic heterocycles. The van der Waals surface area contributed by atoms with E-state index in [1.54, 1.807) is 12.1 Å². The summed E-state index contributed by atoms with van der Waals surface area (Å²) in [6.07, 6.45) is 3.37. The molecular formula is C15H13ClN2O2. The van der Waals surface area contributed by atoms with Crippen molar-refractivity contribution in [3.8, 4) is 0 Å². The molecule has 2 aromatic carbocycles. The number of nitrogens with zero attached hydrogens (tertiary/aromatic N) is 1. The Morgan fingerprint density at radius 1 is 1.15 bits per heavy atom. The van der Waals surface area contributed by atoms with Crippen LogP contribution in [0.4, 0.5) is 17.1 Å². The molecule has 102 valence electrons. The van der Waals surface area contributed by atoms with Crippen LogP contribution in [-0.2, 0) is 12.8 Å². The first-order valence-electron chi connectivity index (χ1n) is 6.47. The molecule has 1 aliphatic rings. The predicted octanol–water partition coefficient (Wildman–Crippen LogP) is 4.48. The Morgan fingerprint density at radius 3 is 2.75 bits per heavy atom. The zero-order chi connectivity index (χ0) is 14.1. The maximum absolute atomic E-state index is 11.1. The number of halogens is 1. The molecule has 1 N–H and O–H groups in total. The van der Waals surface area contributed by atoms with Gasteiger partial charge in [0, 0.05) is 5.69 Å². The van der Waals surface area contributed by atoms with Gasteiger partial charge in [-0.25, -0.2) is 0 Å². The third kappa shape index (κ3) is 2.34. The first-order valence-corrected chi connectivity index (χ1v) is 6.84. The molecule has 0 saturated heterocycles. The highest BCUT2D eigenvalue weighted by molar-refractivity contribution is 6.33. The second kappa shape index (κ2) is 5.13. The minimum atomic E-state index is -0.460. The van der Waals surface area contributed by atoms with E-state index >= 15 is 0 Å². The molecule has 0 bridgehead atoms. The van der Waals surface area contributed by atoms with E-state index in [1.165, 1.54) is 23.6 Å². The average Bonchev–Trinajstić information content (AvgIpc) is 2.85. The highest BCUT2D eigenvalue weighted by Gasteiger charge is 2.19. The SMILES string of the molecule is O=[N+]([O-])c1c(Cl)cccc1Nc1ccc2c(c1)CCC2. The van der Waals surface area contributed by atoms with E-state index in [9.17, 15) is 10.1 Å². The number of rotatable bonds is 3. The van der Waals surface area contributed by atoms with Crippen LogP contribution in [0, 0.1) is 10.1 Å². The second-order valence-electron chi connectivity index (χ2n) is 4.86. The van der Waals surface area contributed by atoms with Crippen LogP contribution in [0.15, 0.2) is 36.4 Å². The minimum Gasteiger partial charge on any atom is -0.350 e. The van der Waals surface area contributed by atoms with Crippen LogP contribution in [0.1, 0.15) is 17.5 Å². The molecule has 5 heteroatoms. The molecule has 0 radical (unpaired) electrons. The van der Waals surface area contributed by atoms with Gasteiger partial charge in [0.25, 0.3) is 0 Å². The fraction of sp³-hybridized carbons (Fsp3) is 0.200. The van der Waals surface area contributed by atoms with Crippen molar-refractivity contribution in [2.24, 2.45) is 0 Å². The number of para-hydroxylation sites is 1. The molecule has 20 heavy (non-hydrogen) atoms. The molecule has 0 amide bonds. The van der Waals surface area contributed by atoms with Crippen molar-refractivity contribution in [2.75, 3.05) is 5.32 Å². The quantitative estimate of drug-likeness (QED) is 0.669. The van der Waals surface area contributed by atoms with Gasteiger partial charge < -0.3 is 5.32 Å². The van der Waals surface area contributed by atoms with E-state index in [1.807, 2.05) is 6.07 Å². The normalized spacial score (nSPS) is 13.1. The molecule has 0 unspecified atom stereocenters. The average molecular weight is 289 g/mol. The lowest BCUT2D eigenvalue weighted by Crippen LogP contribution is -1.98. The number of benzene rings is 2. The van der Waals surface area contributed by atoms with Gasteiger partial charge in [-0.15, -0.1) is 0 Å². The van der Waals surface area contributed by atoms with Crippen molar-refractivity contribution in [1.82, 2.24) is 0 Å². The highest BCUT2D eigenvalue weighted by atomic mass is 35.5. The fourth-order valence-corrected chi connectivity index (χ4v) is 2.85. The van der Waals surface area contributed by atoms with E-state index in [2.05, 4.69) is 17.4 Å². The van der Waals surface area contributed by atoms with Gasteiger partial charge in [0.1, 0.15) is 10.7 Å². The predicted molar refractivity (Wildman–Crippen MR) is 79.9 cm³/mol.